The maximum atomic E-state index is 10.3. The molecule has 0 amide bonds. The van der Waals surface area contributed by atoms with Gasteiger partial charge in [0.05, 0.1) is 6.42 Å². The van der Waals surface area contributed by atoms with Crippen LogP contribution in [0.1, 0.15) is 58.3 Å². The van der Waals surface area contributed by atoms with E-state index in [0.717, 1.165) is 32.1 Å². The van der Waals surface area contributed by atoms with Crippen molar-refractivity contribution in [3.05, 3.63) is 72.9 Å². The van der Waals surface area contributed by atoms with Crippen molar-refractivity contribution in [2.45, 2.75) is 58.3 Å². The molecule has 0 spiro atoms. The first-order valence-electron chi connectivity index (χ1n) is 8.89. The Morgan fingerprint density at radius 2 is 0.958 bits per heavy atom. The van der Waals surface area contributed by atoms with Gasteiger partial charge in [-0.15, -0.1) is 0 Å². The van der Waals surface area contributed by atoms with Crippen LogP contribution in [0.15, 0.2) is 72.9 Å². The lowest BCUT2D eigenvalue weighted by Crippen LogP contribution is -1.89. The summed E-state index contributed by atoms with van der Waals surface area (Å²) in [5, 5.41) is 8.47. The molecule has 0 saturated carbocycles. The summed E-state index contributed by atoms with van der Waals surface area (Å²) in [6.45, 7) is 2.19. The molecule has 0 unspecified atom stereocenters. The summed E-state index contributed by atoms with van der Waals surface area (Å²) in [4.78, 5) is 10.3. The molecule has 0 aromatic carbocycles. The van der Waals surface area contributed by atoms with Crippen LogP contribution < -0.4 is 0 Å². The molecule has 0 saturated heterocycles. The molecule has 0 bridgehead atoms. The number of rotatable bonds is 14. The normalized spacial score (nSPS) is 13.0. The van der Waals surface area contributed by atoms with Crippen molar-refractivity contribution in [1.82, 2.24) is 0 Å². The number of hydrogen-bond acceptors (Lipinski definition) is 1. The number of hydrogen-bond donors (Lipinski definition) is 1. The van der Waals surface area contributed by atoms with Gasteiger partial charge in [-0.05, 0) is 38.5 Å². The molecule has 132 valence electrons. The fourth-order valence-corrected chi connectivity index (χ4v) is 1.82. The lowest BCUT2D eigenvalue weighted by atomic mass is 10.2. The summed E-state index contributed by atoms with van der Waals surface area (Å²) >= 11 is 0. The average Bonchev–Trinajstić information content (AvgIpc) is 2.56. The number of aliphatic carboxylic acids is 1. The van der Waals surface area contributed by atoms with E-state index in [2.05, 4.69) is 67.7 Å². The highest BCUT2D eigenvalue weighted by Crippen LogP contribution is 1.97. The van der Waals surface area contributed by atoms with Gasteiger partial charge >= 0.3 is 5.97 Å². The Balaban J connectivity index is 3.52. The molecular formula is C22H32O2. The molecule has 0 aliphatic rings. The molecule has 0 aromatic heterocycles. The molecule has 0 radical (unpaired) electrons. The minimum absolute atomic E-state index is 0.102. The second kappa shape index (κ2) is 19.0. The Bertz CT molecular complexity index is 462. The SMILES string of the molecule is CCC/C=C\C/C=C\C/C=C\C/C=C\C/C=C\C/C=C\CC(=O)O. The number of carbonyl (C=O) groups is 1. The molecule has 0 atom stereocenters. The first-order valence-corrected chi connectivity index (χ1v) is 8.89. The molecule has 0 aromatic rings. The Kier molecular flexibility index (Phi) is 17.3. The second-order valence-corrected chi connectivity index (χ2v) is 5.39. The minimum Gasteiger partial charge on any atom is -0.481 e. The predicted octanol–water partition coefficient (Wildman–Crippen LogP) is 6.55. The van der Waals surface area contributed by atoms with Gasteiger partial charge in [-0.2, -0.15) is 0 Å². The van der Waals surface area contributed by atoms with E-state index in [4.69, 9.17) is 5.11 Å². The van der Waals surface area contributed by atoms with Gasteiger partial charge in [0.25, 0.3) is 0 Å². The first-order chi connectivity index (χ1) is 11.8. The van der Waals surface area contributed by atoms with Crippen LogP contribution in [0.25, 0.3) is 0 Å². The van der Waals surface area contributed by atoms with Crippen molar-refractivity contribution in [3.63, 3.8) is 0 Å². The van der Waals surface area contributed by atoms with Gasteiger partial charge in [-0.1, -0.05) is 86.3 Å². The minimum atomic E-state index is -0.787. The van der Waals surface area contributed by atoms with Crippen LogP contribution >= 0.6 is 0 Å². The van der Waals surface area contributed by atoms with E-state index in [-0.39, 0.29) is 6.42 Å². The van der Waals surface area contributed by atoms with E-state index >= 15 is 0 Å². The van der Waals surface area contributed by atoms with Gasteiger partial charge in [0.2, 0.25) is 0 Å². The summed E-state index contributed by atoms with van der Waals surface area (Å²) in [6, 6.07) is 0. The van der Waals surface area contributed by atoms with Crippen LogP contribution in [0.4, 0.5) is 0 Å². The van der Waals surface area contributed by atoms with Crippen molar-refractivity contribution in [2.24, 2.45) is 0 Å². The lowest BCUT2D eigenvalue weighted by Gasteiger charge is -1.86. The zero-order valence-electron chi connectivity index (χ0n) is 14.9. The number of carboxylic acid groups (broad SMARTS) is 1. The van der Waals surface area contributed by atoms with Gasteiger partial charge < -0.3 is 5.11 Å². The van der Waals surface area contributed by atoms with Crippen molar-refractivity contribution < 1.29 is 9.90 Å². The highest BCUT2D eigenvalue weighted by molar-refractivity contribution is 5.68. The molecular weight excluding hydrogens is 296 g/mol. The van der Waals surface area contributed by atoms with E-state index in [1.165, 1.54) is 12.8 Å². The molecule has 0 rings (SSSR count). The van der Waals surface area contributed by atoms with Gasteiger partial charge in [-0.25, -0.2) is 0 Å². The average molecular weight is 328 g/mol. The van der Waals surface area contributed by atoms with Crippen LogP contribution in [0.5, 0.6) is 0 Å². The zero-order valence-corrected chi connectivity index (χ0v) is 14.9. The molecule has 2 nitrogen and oxygen atoms in total. The van der Waals surface area contributed by atoms with Crippen LogP contribution in [0.3, 0.4) is 0 Å². The Morgan fingerprint density at radius 1 is 0.625 bits per heavy atom. The third-order valence-electron chi connectivity index (χ3n) is 3.11. The summed E-state index contributed by atoms with van der Waals surface area (Å²) in [7, 11) is 0. The number of allylic oxidation sites excluding steroid dienone is 11. The third-order valence-corrected chi connectivity index (χ3v) is 3.11. The monoisotopic (exact) mass is 328 g/mol. The van der Waals surface area contributed by atoms with E-state index < -0.39 is 5.97 Å². The van der Waals surface area contributed by atoms with Gasteiger partial charge in [0.1, 0.15) is 0 Å². The Labute approximate surface area is 147 Å². The molecule has 2 heteroatoms. The quantitative estimate of drug-likeness (QED) is 0.367. The summed E-state index contributed by atoms with van der Waals surface area (Å²) in [5.74, 6) is -0.787. The second-order valence-electron chi connectivity index (χ2n) is 5.39. The predicted molar refractivity (Wildman–Crippen MR) is 105 cm³/mol. The summed E-state index contributed by atoms with van der Waals surface area (Å²) in [5.41, 5.74) is 0. The van der Waals surface area contributed by atoms with Gasteiger partial charge in [-0.3, -0.25) is 4.79 Å². The zero-order chi connectivity index (χ0) is 17.7. The number of carboxylic acids is 1. The van der Waals surface area contributed by atoms with Crippen LogP contribution in [0.2, 0.25) is 0 Å². The fourth-order valence-electron chi connectivity index (χ4n) is 1.82. The first kappa shape index (κ1) is 21.9. The maximum absolute atomic E-state index is 10.3. The summed E-state index contributed by atoms with van der Waals surface area (Å²) < 4.78 is 0. The highest BCUT2D eigenvalue weighted by atomic mass is 16.4. The summed E-state index contributed by atoms with van der Waals surface area (Å²) in [6.07, 6.45) is 32.5. The molecule has 1 N–H and O–H groups in total. The third kappa shape index (κ3) is 19.9. The highest BCUT2D eigenvalue weighted by Gasteiger charge is 1.87. The molecule has 0 aliphatic carbocycles. The van der Waals surface area contributed by atoms with E-state index in [0.29, 0.717) is 0 Å². The van der Waals surface area contributed by atoms with Gasteiger partial charge in [0.15, 0.2) is 0 Å². The standard InChI is InChI=1S/C22H32O2/c1-2-3-4-5-6-7-8-9-10-11-12-13-14-15-16-17-18-19-20-21-22(23)24/h4-5,7-8,10-11,13-14,16-17,19-20H,2-3,6,9,12,15,18,21H2,1H3,(H,23,24)/b5-4-,8-7-,11-10-,14-13-,17-16-,20-19-. The van der Waals surface area contributed by atoms with Crippen LogP contribution in [0, 0.1) is 0 Å². The van der Waals surface area contributed by atoms with E-state index in [1.807, 2.05) is 6.08 Å². The van der Waals surface area contributed by atoms with Gasteiger partial charge in [0, 0.05) is 0 Å². The maximum Gasteiger partial charge on any atom is 0.307 e. The van der Waals surface area contributed by atoms with Crippen molar-refractivity contribution >= 4 is 5.97 Å². The molecule has 24 heavy (non-hydrogen) atoms. The van der Waals surface area contributed by atoms with Crippen molar-refractivity contribution in [2.75, 3.05) is 0 Å². The largest absolute Gasteiger partial charge is 0.481 e. The van der Waals surface area contributed by atoms with Crippen molar-refractivity contribution in [3.8, 4) is 0 Å². The van der Waals surface area contributed by atoms with E-state index in [9.17, 15) is 4.79 Å². The smallest absolute Gasteiger partial charge is 0.307 e. The van der Waals surface area contributed by atoms with E-state index in [1.54, 1.807) is 6.08 Å². The molecule has 0 heterocycles. The van der Waals surface area contributed by atoms with Crippen molar-refractivity contribution in [1.29, 1.82) is 0 Å². The number of unbranched alkanes of at least 4 members (excludes halogenated alkanes) is 1. The lowest BCUT2D eigenvalue weighted by molar-refractivity contribution is -0.136. The fraction of sp³-hybridized carbons (Fsp3) is 0.409. The molecule has 0 aliphatic heterocycles. The Hall–Kier alpha value is -2.09. The Morgan fingerprint density at radius 3 is 1.29 bits per heavy atom. The topological polar surface area (TPSA) is 37.3 Å². The van der Waals surface area contributed by atoms with Crippen LogP contribution in [-0.4, -0.2) is 11.1 Å². The van der Waals surface area contributed by atoms with Crippen LogP contribution in [-0.2, 0) is 4.79 Å². The molecule has 0 fully saturated rings.